The molecule has 1 aromatic carbocycles. The Balaban J connectivity index is 1.60. The lowest BCUT2D eigenvalue weighted by molar-refractivity contribution is -0.130. The molecule has 6 heteroatoms. The summed E-state index contributed by atoms with van der Waals surface area (Å²) in [4.78, 5) is 40.3. The summed E-state index contributed by atoms with van der Waals surface area (Å²) >= 11 is 0. The van der Waals surface area contributed by atoms with Gasteiger partial charge in [0.2, 0.25) is 11.8 Å². The van der Waals surface area contributed by atoms with Crippen LogP contribution in [0.3, 0.4) is 0 Å². The molecule has 6 nitrogen and oxygen atoms in total. The zero-order valence-corrected chi connectivity index (χ0v) is 18.2. The van der Waals surface area contributed by atoms with E-state index >= 15 is 0 Å². The topological polar surface area (TPSA) is 69.7 Å². The molecule has 3 rings (SSSR count). The second kappa shape index (κ2) is 7.81. The van der Waals surface area contributed by atoms with Crippen LogP contribution < -0.4 is 5.32 Å². The normalized spacial score (nSPS) is 24.9. The summed E-state index contributed by atoms with van der Waals surface area (Å²) in [5.74, 6) is -0.206. The van der Waals surface area contributed by atoms with Gasteiger partial charge >= 0.3 is 0 Å². The van der Waals surface area contributed by atoms with E-state index in [1.165, 1.54) is 4.90 Å². The van der Waals surface area contributed by atoms with Gasteiger partial charge in [-0.15, -0.1) is 0 Å². The number of anilines is 1. The fourth-order valence-electron chi connectivity index (χ4n) is 5.23. The number of rotatable bonds is 5. The number of hydrogen-bond donors (Lipinski definition) is 1. The van der Waals surface area contributed by atoms with Crippen molar-refractivity contribution in [2.45, 2.75) is 58.9 Å². The molecular weight excluding hydrogens is 366 g/mol. The minimum atomic E-state index is -0.206. The van der Waals surface area contributed by atoms with Gasteiger partial charge in [0.15, 0.2) is 0 Å². The Bertz CT molecular complexity index is 800. The Hall–Kier alpha value is -2.37. The van der Waals surface area contributed by atoms with Crippen molar-refractivity contribution in [2.24, 2.45) is 10.8 Å². The average molecular weight is 400 g/mol. The van der Waals surface area contributed by atoms with Crippen molar-refractivity contribution in [1.29, 1.82) is 0 Å². The van der Waals surface area contributed by atoms with Gasteiger partial charge in [-0.1, -0.05) is 20.8 Å². The third-order valence-corrected chi connectivity index (χ3v) is 6.16. The van der Waals surface area contributed by atoms with Crippen molar-refractivity contribution in [2.75, 3.05) is 26.0 Å². The number of fused-ring (bicyclic) bond motifs is 2. The van der Waals surface area contributed by atoms with Crippen LogP contribution in [0, 0.1) is 10.8 Å². The van der Waals surface area contributed by atoms with Crippen LogP contribution in [-0.4, -0.2) is 54.2 Å². The Morgan fingerprint density at radius 3 is 2.34 bits per heavy atom. The largest absolute Gasteiger partial charge is 0.349 e. The summed E-state index contributed by atoms with van der Waals surface area (Å²) in [6.07, 6.45) is 3.61. The summed E-state index contributed by atoms with van der Waals surface area (Å²) < 4.78 is 0. The first-order valence-electron chi connectivity index (χ1n) is 10.4. The lowest BCUT2D eigenvalue weighted by Crippen LogP contribution is -2.37. The lowest BCUT2D eigenvalue weighted by Gasteiger charge is -2.39. The van der Waals surface area contributed by atoms with Crippen LogP contribution in [0.2, 0.25) is 0 Å². The molecule has 0 aromatic heterocycles. The van der Waals surface area contributed by atoms with E-state index in [-0.39, 0.29) is 41.4 Å². The number of hydrogen-bond acceptors (Lipinski definition) is 3. The zero-order chi connectivity index (χ0) is 21.4. The van der Waals surface area contributed by atoms with Crippen LogP contribution in [0.4, 0.5) is 5.69 Å². The van der Waals surface area contributed by atoms with Gasteiger partial charge in [0, 0.05) is 50.8 Å². The molecule has 2 aliphatic rings. The molecule has 0 radical (unpaired) electrons. The van der Waals surface area contributed by atoms with Gasteiger partial charge in [-0.2, -0.15) is 0 Å². The number of nitrogens with one attached hydrogen (secondary N) is 1. The van der Waals surface area contributed by atoms with Crippen LogP contribution in [0.5, 0.6) is 0 Å². The van der Waals surface area contributed by atoms with E-state index in [1.54, 1.807) is 38.4 Å². The lowest BCUT2D eigenvalue weighted by atomic mass is 9.65. The van der Waals surface area contributed by atoms with Gasteiger partial charge in [0.25, 0.3) is 5.91 Å². The third-order valence-electron chi connectivity index (χ3n) is 6.16. The fourth-order valence-corrected chi connectivity index (χ4v) is 5.23. The van der Waals surface area contributed by atoms with Crippen LogP contribution in [0.1, 0.15) is 63.2 Å². The maximum Gasteiger partial charge on any atom is 0.254 e. The average Bonchev–Trinajstić information content (AvgIpc) is 2.88. The smallest absolute Gasteiger partial charge is 0.254 e. The quantitative estimate of drug-likeness (QED) is 0.823. The highest BCUT2D eigenvalue weighted by atomic mass is 16.2. The first-order chi connectivity index (χ1) is 13.5. The van der Waals surface area contributed by atoms with E-state index < -0.39 is 0 Å². The molecule has 1 N–H and O–H groups in total. The molecule has 1 saturated carbocycles. The molecule has 1 heterocycles. The monoisotopic (exact) mass is 399 g/mol. The highest BCUT2D eigenvalue weighted by Crippen LogP contribution is 2.52. The molecule has 1 aromatic rings. The molecule has 2 bridgehead atoms. The molecule has 1 aliphatic heterocycles. The Morgan fingerprint density at radius 2 is 1.72 bits per heavy atom. The van der Waals surface area contributed by atoms with E-state index in [1.807, 2.05) is 0 Å². The van der Waals surface area contributed by atoms with Gasteiger partial charge in [-0.3, -0.25) is 14.4 Å². The van der Waals surface area contributed by atoms with E-state index in [2.05, 4.69) is 31.0 Å². The third kappa shape index (κ3) is 4.98. The second-order valence-electron chi connectivity index (χ2n) is 10.1. The van der Waals surface area contributed by atoms with Crippen molar-refractivity contribution in [3.8, 4) is 0 Å². The van der Waals surface area contributed by atoms with E-state index in [0.717, 1.165) is 25.8 Å². The molecule has 158 valence electrons. The van der Waals surface area contributed by atoms with Gasteiger partial charge in [-0.05, 0) is 54.4 Å². The highest BCUT2D eigenvalue weighted by molar-refractivity contribution is 5.96. The molecule has 1 aliphatic carbocycles. The van der Waals surface area contributed by atoms with Gasteiger partial charge < -0.3 is 15.1 Å². The van der Waals surface area contributed by atoms with Crippen LogP contribution in [0.15, 0.2) is 24.3 Å². The number of carbonyl (C=O) groups excluding carboxylic acids is 3. The first-order valence-corrected chi connectivity index (χ1v) is 10.4. The maximum atomic E-state index is 13.1. The number of amides is 3. The minimum absolute atomic E-state index is 0.0749. The van der Waals surface area contributed by atoms with Crippen molar-refractivity contribution in [3.63, 3.8) is 0 Å². The molecule has 29 heavy (non-hydrogen) atoms. The Morgan fingerprint density at radius 1 is 1.07 bits per heavy atom. The first kappa shape index (κ1) is 21.3. The summed E-state index contributed by atoms with van der Waals surface area (Å²) in [6.45, 7) is 7.72. The highest BCUT2D eigenvalue weighted by Gasteiger charge is 2.50. The van der Waals surface area contributed by atoms with Crippen molar-refractivity contribution in [1.82, 2.24) is 9.80 Å². The van der Waals surface area contributed by atoms with Crippen LogP contribution in [-0.2, 0) is 9.59 Å². The maximum absolute atomic E-state index is 13.1. The summed E-state index contributed by atoms with van der Waals surface area (Å²) in [6, 6.07) is 7.38. The second-order valence-corrected chi connectivity index (χ2v) is 10.1. The number of carbonyl (C=O) groups is 3. The van der Waals surface area contributed by atoms with Gasteiger partial charge in [0.1, 0.15) is 0 Å². The predicted octanol–water partition coefficient (Wildman–Crippen LogP) is 3.53. The molecule has 2 unspecified atom stereocenters. The van der Waals surface area contributed by atoms with Gasteiger partial charge in [-0.25, -0.2) is 0 Å². The summed E-state index contributed by atoms with van der Waals surface area (Å²) in [7, 11) is 3.34. The Labute approximate surface area is 173 Å². The van der Waals surface area contributed by atoms with E-state index in [4.69, 9.17) is 0 Å². The molecule has 0 spiro atoms. The predicted molar refractivity (Wildman–Crippen MR) is 114 cm³/mol. The van der Waals surface area contributed by atoms with Crippen molar-refractivity contribution < 1.29 is 14.4 Å². The van der Waals surface area contributed by atoms with E-state index in [0.29, 0.717) is 17.3 Å². The molecule has 2 fully saturated rings. The minimum Gasteiger partial charge on any atom is -0.349 e. The van der Waals surface area contributed by atoms with Crippen LogP contribution >= 0.6 is 0 Å². The van der Waals surface area contributed by atoms with E-state index in [9.17, 15) is 14.4 Å². The van der Waals surface area contributed by atoms with Crippen molar-refractivity contribution >= 4 is 23.4 Å². The number of benzene rings is 1. The van der Waals surface area contributed by atoms with Crippen LogP contribution in [0.25, 0.3) is 0 Å². The number of nitrogens with zero attached hydrogens (tertiary/aromatic N) is 2. The van der Waals surface area contributed by atoms with Crippen molar-refractivity contribution in [3.05, 3.63) is 29.8 Å². The summed E-state index contributed by atoms with van der Waals surface area (Å²) in [5.41, 5.74) is 1.77. The summed E-state index contributed by atoms with van der Waals surface area (Å²) in [5, 5.41) is 2.79. The molecule has 2 atom stereocenters. The Kier molecular flexibility index (Phi) is 5.74. The molecular formula is C23H33N3O3. The fraction of sp³-hybridized carbons (Fsp3) is 0.609. The molecule has 1 saturated heterocycles. The molecule has 3 amide bonds. The number of likely N-dealkylation sites (tertiary alicyclic amines) is 1. The standard InChI is InChI=1S/C23H33N3O3/c1-22(2)12-18-13-23(3,14-22)15-26(18)21(29)16-6-8-17(9-7-16)24-19(27)10-11-20(28)25(4)5/h6-9,18H,10-15H2,1-5H3,(H,24,27). The SMILES string of the molecule is CN(C)C(=O)CCC(=O)Nc1ccc(C(=O)N2CC3(C)CC2CC(C)(C)C3)cc1. The van der Waals surface area contributed by atoms with Gasteiger partial charge in [0.05, 0.1) is 0 Å². The zero-order valence-electron chi connectivity index (χ0n) is 18.2.